The van der Waals surface area contributed by atoms with Gasteiger partial charge in [-0.15, -0.1) is 0 Å². The van der Waals surface area contributed by atoms with E-state index in [1.165, 1.54) is 0 Å². The van der Waals surface area contributed by atoms with Crippen molar-refractivity contribution in [1.82, 2.24) is 5.32 Å². The van der Waals surface area contributed by atoms with Gasteiger partial charge in [-0.05, 0) is 51.8 Å². The summed E-state index contributed by atoms with van der Waals surface area (Å²) in [5.74, 6) is 0.881. The molecule has 0 spiro atoms. The number of amides is 1. The van der Waals surface area contributed by atoms with Gasteiger partial charge >= 0.3 is 0 Å². The van der Waals surface area contributed by atoms with Gasteiger partial charge in [0.25, 0.3) is 5.91 Å². The minimum absolute atomic E-state index is 0.225. The van der Waals surface area contributed by atoms with E-state index >= 15 is 0 Å². The molecule has 1 amide bonds. The first kappa shape index (κ1) is 17.5. The Morgan fingerprint density at radius 2 is 1.90 bits per heavy atom. The van der Waals surface area contributed by atoms with Crippen molar-refractivity contribution < 1.29 is 14.6 Å². The van der Waals surface area contributed by atoms with Crippen LogP contribution in [0.15, 0.2) is 24.3 Å². The van der Waals surface area contributed by atoms with E-state index in [0.717, 1.165) is 0 Å². The molecule has 0 aliphatic carbocycles. The monoisotopic (exact) mass is 293 g/mol. The summed E-state index contributed by atoms with van der Waals surface area (Å²) in [6.07, 6.45) is 0. The number of ether oxygens (including phenoxy) is 1. The fraction of sp³-hybridized carbons (Fsp3) is 0.588. The molecule has 1 rings (SSSR count). The topological polar surface area (TPSA) is 58.6 Å². The molecule has 4 heteroatoms. The van der Waals surface area contributed by atoms with Crippen LogP contribution in [0.5, 0.6) is 5.75 Å². The molecular formula is C17H27NO3. The molecular weight excluding hydrogens is 266 g/mol. The summed E-state index contributed by atoms with van der Waals surface area (Å²) in [5.41, 5.74) is -1.23. The molecule has 21 heavy (non-hydrogen) atoms. The number of hydrogen-bond donors (Lipinski definition) is 2. The second-order valence-electron chi connectivity index (χ2n) is 6.87. The predicted octanol–water partition coefficient (Wildman–Crippen LogP) is 3.00. The molecule has 0 bridgehead atoms. The fourth-order valence-corrected chi connectivity index (χ4v) is 1.50. The van der Waals surface area contributed by atoms with Crippen LogP contribution in [0.1, 0.15) is 51.9 Å². The van der Waals surface area contributed by atoms with Gasteiger partial charge in [-0.25, -0.2) is 0 Å². The van der Waals surface area contributed by atoms with Crippen molar-refractivity contribution in [3.05, 3.63) is 29.8 Å². The standard InChI is InChI=1S/C17H27NO3/c1-12(2)11-21-14-9-7-8-13(10-14)15(19)18-16(3,4)17(5,6)20/h7-10,12,20H,11H2,1-6H3,(H,18,19). The third-order valence-corrected chi connectivity index (χ3v) is 3.64. The highest BCUT2D eigenvalue weighted by Gasteiger charge is 2.36. The number of carbonyl (C=O) groups excluding carboxylic acids is 1. The van der Waals surface area contributed by atoms with E-state index in [0.29, 0.717) is 23.8 Å². The lowest BCUT2D eigenvalue weighted by Gasteiger charge is -2.38. The summed E-state index contributed by atoms with van der Waals surface area (Å²) >= 11 is 0. The Balaban J connectivity index is 2.82. The van der Waals surface area contributed by atoms with Gasteiger partial charge in [-0.2, -0.15) is 0 Å². The highest BCUT2D eigenvalue weighted by atomic mass is 16.5. The zero-order valence-electron chi connectivity index (χ0n) is 13.9. The zero-order chi connectivity index (χ0) is 16.3. The molecule has 0 aliphatic heterocycles. The van der Waals surface area contributed by atoms with Crippen molar-refractivity contribution in [1.29, 1.82) is 0 Å². The van der Waals surface area contributed by atoms with Gasteiger partial charge in [0.1, 0.15) is 5.75 Å². The van der Waals surface area contributed by atoms with Crippen LogP contribution in [0.2, 0.25) is 0 Å². The van der Waals surface area contributed by atoms with Crippen LogP contribution in [-0.4, -0.2) is 28.8 Å². The minimum atomic E-state index is -1.02. The van der Waals surface area contributed by atoms with E-state index in [4.69, 9.17) is 4.74 Å². The molecule has 1 aromatic rings. The Morgan fingerprint density at radius 1 is 1.29 bits per heavy atom. The van der Waals surface area contributed by atoms with Gasteiger partial charge in [-0.3, -0.25) is 4.79 Å². The summed E-state index contributed by atoms with van der Waals surface area (Å²) in [6, 6.07) is 7.08. The van der Waals surface area contributed by atoms with Gasteiger partial charge in [0.05, 0.1) is 17.7 Å². The maximum Gasteiger partial charge on any atom is 0.251 e. The zero-order valence-corrected chi connectivity index (χ0v) is 13.9. The van der Waals surface area contributed by atoms with Gasteiger partial charge in [0.2, 0.25) is 0 Å². The number of carbonyl (C=O) groups is 1. The number of benzene rings is 1. The molecule has 1 aromatic carbocycles. The molecule has 0 unspecified atom stereocenters. The molecule has 2 N–H and O–H groups in total. The van der Waals surface area contributed by atoms with E-state index in [9.17, 15) is 9.90 Å². The molecule has 0 fully saturated rings. The lowest BCUT2D eigenvalue weighted by molar-refractivity contribution is -0.00293. The molecule has 118 valence electrons. The van der Waals surface area contributed by atoms with Gasteiger partial charge in [0, 0.05) is 5.56 Å². The first-order chi connectivity index (χ1) is 9.53. The summed E-state index contributed by atoms with van der Waals surface area (Å²) in [5, 5.41) is 13.0. The van der Waals surface area contributed by atoms with Crippen LogP contribution in [0.3, 0.4) is 0 Å². The largest absolute Gasteiger partial charge is 0.493 e. The van der Waals surface area contributed by atoms with Crippen molar-refractivity contribution in [2.45, 2.75) is 52.7 Å². The summed E-state index contributed by atoms with van der Waals surface area (Å²) in [6.45, 7) is 11.7. The maximum absolute atomic E-state index is 12.3. The fourth-order valence-electron chi connectivity index (χ4n) is 1.50. The van der Waals surface area contributed by atoms with Crippen molar-refractivity contribution >= 4 is 5.91 Å². The van der Waals surface area contributed by atoms with Crippen LogP contribution >= 0.6 is 0 Å². The second-order valence-corrected chi connectivity index (χ2v) is 6.87. The second kappa shape index (κ2) is 6.48. The van der Waals surface area contributed by atoms with Crippen molar-refractivity contribution in [3.63, 3.8) is 0 Å². The van der Waals surface area contributed by atoms with E-state index < -0.39 is 11.1 Å². The van der Waals surface area contributed by atoms with E-state index in [1.54, 1.807) is 45.9 Å². The van der Waals surface area contributed by atoms with Gasteiger partial charge in [-0.1, -0.05) is 19.9 Å². The lowest BCUT2D eigenvalue weighted by Crippen LogP contribution is -2.57. The summed E-state index contributed by atoms with van der Waals surface area (Å²) in [4.78, 5) is 12.3. The Hall–Kier alpha value is -1.55. The van der Waals surface area contributed by atoms with Crippen LogP contribution in [-0.2, 0) is 0 Å². The molecule has 4 nitrogen and oxygen atoms in total. The Morgan fingerprint density at radius 3 is 2.43 bits per heavy atom. The van der Waals surface area contributed by atoms with Gasteiger partial charge in [0.15, 0.2) is 0 Å². The average molecular weight is 293 g/mol. The number of nitrogens with one attached hydrogen (secondary N) is 1. The number of aliphatic hydroxyl groups is 1. The molecule has 0 saturated heterocycles. The smallest absolute Gasteiger partial charge is 0.251 e. The lowest BCUT2D eigenvalue weighted by atomic mass is 9.86. The van der Waals surface area contributed by atoms with Crippen molar-refractivity contribution in [2.75, 3.05) is 6.61 Å². The molecule has 0 radical (unpaired) electrons. The van der Waals surface area contributed by atoms with Crippen LogP contribution in [0.4, 0.5) is 0 Å². The van der Waals surface area contributed by atoms with Crippen LogP contribution in [0.25, 0.3) is 0 Å². The highest BCUT2D eigenvalue weighted by Crippen LogP contribution is 2.22. The van der Waals surface area contributed by atoms with E-state index in [2.05, 4.69) is 19.2 Å². The Kier molecular flexibility index (Phi) is 5.40. The quantitative estimate of drug-likeness (QED) is 0.847. The highest BCUT2D eigenvalue weighted by molar-refractivity contribution is 5.95. The summed E-state index contributed by atoms with van der Waals surface area (Å²) < 4.78 is 5.63. The Bertz CT molecular complexity index is 487. The first-order valence-corrected chi connectivity index (χ1v) is 7.30. The first-order valence-electron chi connectivity index (χ1n) is 7.30. The molecule has 0 aromatic heterocycles. The third-order valence-electron chi connectivity index (χ3n) is 3.64. The van der Waals surface area contributed by atoms with Crippen LogP contribution < -0.4 is 10.1 Å². The van der Waals surface area contributed by atoms with E-state index in [-0.39, 0.29) is 5.91 Å². The number of hydrogen-bond acceptors (Lipinski definition) is 3. The maximum atomic E-state index is 12.3. The Labute approximate surface area is 127 Å². The predicted molar refractivity (Wildman–Crippen MR) is 84.6 cm³/mol. The van der Waals surface area contributed by atoms with Crippen LogP contribution in [0, 0.1) is 5.92 Å². The van der Waals surface area contributed by atoms with Crippen molar-refractivity contribution in [3.8, 4) is 5.75 Å². The minimum Gasteiger partial charge on any atom is -0.493 e. The molecule has 0 saturated carbocycles. The number of rotatable bonds is 6. The van der Waals surface area contributed by atoms with Gasteiger partial charge < -0.3 is 15.2 Å². The average Bonchev–Trinajstić information content (AvgIpc) is 2.35. The molecule has 0 heterocycles. The van der Waals surface area contributed by atoms with Crippen molar-refractivity contribution in [2.24, 2.45) is 5.92 Å². The molecule has 0 atom stereocenters. The SMILES string of the molecule is CC(C)COc1cccc(C(=O)NC(C)(C)C(C)(C)O)c1. The van der Waals surface area contributed by atoms with E-state index in [1.807, 2.05) is 6.07 Å². The molecule has 0 aliphatic rings. The summed E-state index contributed by atoms with van der Waals surface area (Å²) in [7, 11) is 0. The third kappa shape index (κ3) is 5.05. The normalized spacial score (nSPS) is 12.4.